The molecule has 9 nitrogen and oxygen atoms in total. The number of rotatable bonds is 18. The van der Waals surface area contributed by atoms with Crippen LogP contribution in [-0.4, -0.2) is 27.0 Å². The van der Waals surface area contributed by atoms with Gasteiger partial charge in [-0.3, -0.25) is 0 Å². The lowest BCUT2D eigenvalue weighted by molar-refractivity contribution is -0.401. The molecule has 0 spiro atoms. The predicted molar refractivity (Wildman–Crippen MR) is 200 cm³/mol. The van der Waals surface area contributed by atoms with Crippen LogP contribution in [0.25, 0.3) is 0 Å². The van der Waals surface area contributed by atoms with Crippen LogP contribution in [0.4, 0.5) is 0 Å². The molecule has 0 bridgehead atoms. The van der Waals surface area contributed by atoms with Gasteiger partial charge in [-0.25, -0.2) is 29.1 Å². The van der Waals surface area contributed by atoms with E-state index in [1.165, 1.54) is 0 Å². The summed E-state index contributed by atoms with van der Waals surface area (Å²) in [5.74, 6) is 0. The molecule has 0 saturated carbocycles. The summed E-state index contributed by atoms with van der Waals surface area (Å²) in [6, 6.07) is 57.1. The van der Waals surface area contributed by atoms with E-state index in [1.807, 2.05) is 182 Å². The third-order valence-electron chi connectivity index (χ3n) is 9.11. The fourth-order valence-corrected chi connectivity index (χ4v) is 6.25. The first-order valence-corrected chi connectivity index (χ1v) is 17.1. The van der Waals surface area contributed by atoms with E-state index in [1.54, 1.807) is 0 Å². The maximum Gasteiger partial charge on any atom is 0.725 e. The molecule has 0 atom stereocenters. The van der Waals surface area contributed by atoms with Crippen molar-refractivity contribution in [3.05, 3.63) is 215 Å². The molecule has 0 heterocycles. The third kappa shape index (κ3) is 7.76. The van der Waals surface area contributed by atoms with Gasteiger partial charge in [0, 0.05) is 19.6 Å². The minimum absolute atomic E-state index is 0.00298. The maximum atomic E-state index is 6.51. The lowest BCUT2D eigenvalue weighted by Crippen LogP contribution is -2.46. The van der Waals surface area contributed by atoms with Crippen LogP contribution in [0.1, 0.15) is 33.4 Å². The molecule has 52 heavy (non-hydrogen) atoms. The van der Waals surface area contributed by atoms with Gasteiger partial charge in [-0.15, -0.1) is 0 Å². The lowest BCUT2D eigenvalue weighted by atomic mass is 9.86. The Morgan fingerprint density at radius 3 is 0.635 bits per heavy atom. The molecule has 264 valence electrons. The highest BCUT2D eigenvalue weighted by molar-refractivity contribution is 6.35. The fraction of sp³-hybridized carbons (Fsp3) is 0.143. The summed E-state index contributed by atoms with van der Waals surface area (Å²) in [5.41, 5.74) is 20.1. The Labute approximate surface area is 304 Å². The summed E-state index contributed by atoms with van der Waals surface area (Å²) in [6.45, 7) is -0.00894. The molecule has 0 radical (unpaired) electrons. The number of benzene rings is 6. The second-order valence-electron chi connectivity index (χ2n) is 12.1. The van der Waals surface area contributed by atoms with Crippen LogP contribution in [0, 0.1) is 0 Å². The Kier molecular flexibility index (Phi) is 12.4. The Morgan fingerprint density at radius 2 is 0.481 bits per heavy atom. The summed E-state index contributed by atoms with van der Waals surface area (Å²) in [6.07, 6.45) is 0. The van der Waals surface area contributed by atoms with Crippen molar-refractivity contribution in [3.8, 4) is 0 Å². The smallest absolute Gasteiger partial charge is 0.327 e. The molecule has 6 rings (SSSR count). The third-order valence-corrected chi connectivity index (χ3v) is 9.11. The van der Waals surface area contributed by atoms with Crippen molar-refractivity contribution in [1.29, 1.82) is 0 Å². The normalized spacial score (nSPS) is 12.1. The molecule has 6 N–H and O–H groups in total. The average molecular weight is 696 g/mol. The topological polar surface area (TPSA) is 133 Å². The summed E-state index contributed by atoms with van der Waals surface area (Å²) < 4.78 is 0. The van der Waals surface area contributed by atoms with E-state index in [0.717, 1.165) is 33.4 Å². The van der Waals surface area contributed by atoms with Crippen LogP contribution in [0.5, 0.6) is 0 Å². The summed E-state index contributed by atoms with van der Waals surface area (Å²) >= 11 is 0. The van der Waals surface area contributed by atoms with Gasteiger partial charge in [0.2, 0.25) is 0 Å². The zero-order chi connectivity index (χ0) is 36.1. The van der Waals surface area contributed by atoms with Crippen LogP contribution in [0.15, 0.2) is 182 Å². The van der Waals surface area contributed by atoms with Gasteiger partial charge in [0.05, 0.1) is 0 Å². The largest absolute Gasteiger partial charge is 0.725 e. The Hall–Kier alpha value is -4.98. The standard InChI is InChI=1S/C42H42BN3O6/c44-31-40(34-19-7-1-8-20-34,35-21-9-2-10-22-35)47-50-43(51-48-41(32-45,36-23-11-3-12-24-36)37-25-13-4-14-26-37)52-49-42(33-46,38-27-15-5-16-28-38)39-29-17-6-18-30-39/h1-30H,31-33,44-46H2. The summed E-state index contributed by atoms with van der Waals surface area (Å²) in [5, 5.41) is 0. The van der Waals surface area contributed by atoms with Gasteiger partial charge >= 0.3 is 7.32 Å². The van der Waals surface area contributed by atoms with Crippen molar-refractivity contribution >= 4 is 7.32 Å². The second-order valence-corrected chi connectivity index (χ2v) is 12.1. The van der Waals surface area contributed by atoms with Crippen molar-refractivity contribution in [3.63, 3.8) is 0 Å². The number of nitrogens with two attached hydrogens (primary N) is 3. The van der Waals surface area contributed by atoms with Crippen molar-refractivity contribution < 1.29 is 29.1 Å². The van der Waals surface area contributed by atoms with E-state index >= 15 is 0 Å². The monoisotopic (exact) mass is 695 g/mol. The zero-order valence-electron chi connectivity index (χ0n) is 28.7. The van der Waals surface area contributed by atoms with Gasteiger partial charge < -0.3 is 17.2 Å². The van der Waals surface area contributed by atoms with E-state index in [-0.39, 0.29) is 19.6 Å². The minimum atomic E-state index is -1.77. The molecule has 0 amide bonds. The van der Waals surface area contributed by atoms with Crippen LogP contribution in [0.3, 0.4) is 0 Å². The van der Waals surface area contributed by atoms with Gasteiger partial charge in [0.15, 0.2) is 16.8 Å². The van der Waals surface area contributed by atoms with Gasteiger partial charge in [0.1, 0.15) is 0 Å². The molecule has 6 aromatic carbocycles. The van der Waals surface area contributed by atoms with Crippen molar-refractivity contribution in [2.24, 2.45) is 17.2 Å². The molecule has 0 aromatic heterocycles. The van der Waals surface area contributed by atoms with Crippen molar-refractivity contribution in [2.45, 2.75) is 16.8 Å². The first-order chi connectivity index (χ1) is 25.6. The van der Waals surface area contributed by atoms with E-state index < -0.39 is 24.1 Å². The van der Waals surface area contributed by atoms with E-state index in [0.29, 0.717) is 0 Å². The highest BCUT2D eigenvalue weighted by Crippen LogP contribution is 2.37. The van der Waals surface area contributed by atoms with E-state index in [4.69, 9.17) is 46.3 Å². The van der Waals surface area contributed by atoms with Crippen LogP contribution < -0.4 is 17.2 Å². The molecule has 0 aliphatic heterocycles. The predicted octanol–water partition coefficient (Wildman–Crippen LogP) is 6.52. The maximum absolute atomic E-state index is 6.51. The SMILES string of the molecule is NCC(OOB(OOC(CN)(c1ccccc1)c1ccccc1)OOC(CN)(c1ccccc1)c1ccccc1)(c1ccccc1)c1ccccc1. The zero-order valence-corrected chi connectivity index (χ0v) is 28.7. The molecule has 0 fully saturated rings. The molecule has 6 aromatic rings. The van der Waals surface area contributed by atoms with Gasteiger partial charge in [-0.2, -0.15) is 0 Å². The number of hydrogen-bond acceptors (Lipinski definition) is 9. The molecular weight excluding hydrogens is 653 g/mol. The Balaban J connectivity index is 1.39. The van der Waals surface area contributed by atoms with Crippen LogP contribution in [0.2, 0.25) is 0 Å². The molecular formula is C42H42BN3O6. The summed E-state index contributed by atoms with van der Waals surface area (Å²) in [4.78, 5) is 37.2. The highest BCUT2D eigenvalue weighted by Gasteiger charge is 2.45. The van der Waals surface area contributed by atoms with E-state index in [9.17, 15) is 0 Å². The molecule has 0 aliphatic rings. The molecule has 0 aliphatic carbocycles. The average Bonchev–Trinajstić information content (AvgIpc) is 3.24. The van der Waals surface area contributed by atoms with Crippen molar-refractivity contribution in [1.82, 2.24) is 0 Å². The lowest BCUT2D eigenvalue weighted by Gasteiger charge is -2.36. The Morgan fingerprint density at radius 1 is 0.308 bits per heavy atom. The molecule has 0 unspecified atom stereocenters. The van der Waals surface area contributed by atoms with Crippen molar-refractivity contribution in [2.75, 3.05) is 19.6 Å². The van der Waals surface area contributed by atoms with Crippen LogP contribution >= 0.6 is 0 Å². The fourth-order valence-electron chi connectivity index (χ4n) is 6.25. The second kappa shape index (κ2) is 17.5. The van der Waals surface area contributed by atoms with Crippen LogP contribution in [-0.2, 0) is 45.9 Å². The van der Waals surface area contributed by atoms with Gasteiger partial charge in [-0.05, 0) is 33.4 Å². The summed E-state index contributed by atoms with van der Waals surface area (Å²) in [7, 11) is -1.77. The van der Waals surface area contributed by atoms with Gasteiger partial charge in [-0.1, -0.05) is 182 Å². The first-order valence-electron chi connectivity index (χ1n) is 17.1. The Bertz CT molecular complexity index is 1570. The molecule has 10 heteroatoms. The minimum Gasteiger partial charge on any atom is -0.327 e. The quantitative estimate of drug-likeness (QED) is 0.0522. The van der Waals surface area contributed by atoms with Gasteiger partial charge in [0.25, 0.3) is 0 Å². The first kappa shape index (κ1) is 36.8. The van der Waals surface area contributed by atoms with E-state index in [2.05, 4.69) is 0 Å². The molecule has 0 saturated heterocycles. The number of hydrogen-bond donors (Lipinski definition) is 3. The highest BCUT2D eigenvalue weighted by atomic mass is 17.3.